The van der Waals surface area contributed by atoms with Gasteiger partial charge in [0.25, 0.3) is 0 Å². The first-order chi connectivity index (χ1) is 12.5. The zero-order valence-electron chi connectivity index (χ0n) is 16.5. The van der Waals surface area contributed by atoms with Gasteiger partial charge in [0, 0.05) is 17.8 Å². The van der Waals surface area contributed by atoms with Gasteiger partial charge in [-0.15, -0.1) is 11.3 Å². The van der Waals surface area contributed by atoms with Crippen molar-refractivity contribution in [1.82, 2.24) is 10.0 Å². The van der Waals surface area contributed by atoms with E-state index in [1.165, 1.54) is 0 Å². The fourth-order valence-corrected chi connectivity index (χ4v) is 4.80. The smallest absolute Gasteiger partial charge is 0.240 e. The zero-order chi connectivity index (χ0) is 20.2. The molecule has 7 heteroatoms. The molecule has 0 aliphatic rings. The van der Waals surface area contributed by atoms with Crippen molar-refractivity contribution in [3.8, 4) is 0 Å². The van der Waals surface area contributed by atoms with Crippen molar-refractivity contribution in [1.29, 1.82) is 0 Å². The molecule has 1 aromatic heterocycles. The minimum absolute atomic E-state index is 0.0579. The summed E-state index contributed by atoms with van der Waals surface area (Å²) in [6, 6.07) is 8.86. The number of thiophene rings is 1. The van der Waals surface area contributed by atoms with Crippen LogP contribution in [0, 0.1) is 19.3 Å². The number of rotatable bonds is 7. The Morgan fingerprint density at radius 2 is 1.85 bits per heavy atom. The minimum atomic E-state index is -3.62. The van der Waals surface area contributed by atoms with Crippen LogP contribution in [0.2, 0.25) is 0 Å². The summed E-state index contributed by atoms with van der Waals surface area (Å²) in [6.07, 6.45) is 0.0853. The molecular formula is C20H28N2O3S2. The highest BCUT2D eigenvalue weighted by Crippen LogP contribution is 2.35. The number of aryl methyl sites for hydroxylation is 2. The number of carbonyl (C=O) groups excluding carboxylic acids is 1. The molecule has 0 spiro atoms. The number of nitrogens with one attached hydrogen (secondary N) is 2. The Kier molecular flexibility index (Phi) is 6.83. The van der Waals surface area contributed by atoms with E-state index in [9.17, 15) is 13.2 Å². The van der Waals surface area contributed by atoms with Gasteiger partial charge in [0.15, 0.2) is 0 Å². The van der Waals surface area contributed by atoms with E-state index < -0.39 is 10.0 Å². The molecule has 0 fully saturated rings. The second-order valence-corrected chi connectivity index (χ2v) is 10.5. The van der Waals surface area contributed by atoms with E-state index in [0.29, 0.717) is 0 Å². The van der Waals surface area contributed by atoms with Gasteiger partial charge >= 0.3 is 0 Å². The third-order valence-corrected chi connectivity index (χ3v) is 6.83. The average molecular weight is 409 g/mol. The van der Waals surface area contributed by atoms with Crippen molar-refractivity contribution in [3.05, 3.63) is 51.7 Å². The number of sulfonamides is 1. The summed E-state index contributed by atoms with van der Waals surface area (Å²) >= 11 is 1.60. The standard InChI is InChI=1S/C20H28N2O3S2/c1-14-8-9-16(13-15(14)2)27(24,25)21-11-10-18(23)22-19(20(3,4)5)17-7-6-12-26-17/h6-9,12-13,19,21H,10-11H2,1-5H3,(H,22,23). The van der Waals surface area contributed by atoms with Gasteiger partial charge in [-0.05, 0) is 54.0 Å². The molecular weight excluding hydrogens is 380 g/mol. The van der Waals surface area contributed by atoms with Gasteiger partial charge in [0.1, 0.15) is 0 Å². The molecule has 148 valence electrons. The quantitative estimate of drug-likeness (QED) is 0.729. The van der Waals surface area contributed by atoms with Crippen LogP contribution in [-0.2, 0) is 14.8 Å². The number of carbonyl (C=O) groups is 1. The molecule has 2 aromatic rings. The Balaban J connectivity index is 1.95. The predicted octanol–water partition coefficient (Wildman–Crippen LogP) is 3.94. The maximum Gasteiger partial charge on any atom is 0.240 e. The molecule has 2 N–H and O–H groups in total. The Labute approximate surface area is 166 Å². The minimum Gasteiger partial charge on any atom is -0.348 e. The van der Waals surface area contributed by atoms with E-state index in [1.54, 1.807) is 29.5 Å². The Bertz CT molecular complexity index is 882. The van der Waals surface area contributed by atoms with Gasteiger partial charge in [-0.1, -0.05) is 32.9 Å². The van der Waals surface area contributed by atoms with Gasteiger partial charge in [0.2, 0.25) is 15.9 Å². The molecule has 1 amide bonds. The van der Waals surface area contributed by atoms with Crippen LogP contribution >= 0.6 is 11.3 Å². The molecule has 27 heavy (non-hydrogen) atoms. The van der Waals surface area contributed by atoms with Crippen molar-refractivity contribution < 1.29 is 13.2 Å². The lowest BCUT2D eigenvalue weighted by Gasteiger charge is -2.30. The number of benzene rings is 1. The van der Waals surface area contributed by atoms with E-state index in [1.807, 2.05) is 31.4 Å². The number of amides is 1. The van der Waals surface area contributed by atoms with Gasteiger partial charge in [-0.2, -0.15) is 0 Å². The second kappa shape index (κ2) is 8.54. The highest BCUT2D eigenvalue weighted by molar-refractivity contribution is 7.89. The first-order valence-electron chi connectivity index (χ1n) is 8.90. The largest absolute Gasteiger partial charge is 0.348 e. The Morgan fingerprint density at radius 3 is 2.41 bits per heavy atom. The fraction of sp³-hybridized carbons (Fsp3) is 0.450. The van der Waals surface area contributed by atoms with Crippen LogP contribution in [0.5, 0.6) is 0 Å². The fourth-order valence-electron chi connectivity index (χ4n) is 2.67. The summed E-state index contributed by atoms with van der Waals surface area (Å²) in [7, 11) is -3.62. The van der Waals surface area contributed by atoms with Crippen LogP contribution in [0.1, 0.15) is 49.2 Å². The van der Waals surface area contributed by atoms with Crippen molar-refractivity contribution >= 4 is 27.3 Å². The van der Waals surface area contributed by atoms with Gasteiger partial charge in [-0.25, -0.2) is 13.1 Å². The third-order valence-electron chi connectivity index (χ3n) is 4.43. The highest BCUT2D eigenvalue weighted by atomic mass is 32.2. The van der Waals surface area contributed by atoms with Crippen LogP contribution in [0.25, 0.3) is 0 Å². The monoisotopic (exact) mass is 408 g/mol. The van der Waals surface area contributed by atoms with Crippen molar-refractivity contribution in [2.75, 3.05) is 6.54 Å². The topological polar surface area (TPSA) is 75.3 Å². The molecule has 0 saturated carbocycles. The molecule has 0 saturated heterocycles. The van der Waals surface area contributed by atoms with E-state index in [2.05, 4.69) is 30.8 Å². The molecule has 1 atom stereocenters. The van der Waals surface area contributed by atoms with Crippen molar-refractivity contribution in [2.45, 2.75) is 52.0 Å². The van der Waals surface area contributed by atoms with Gasteiger partial charge in [-0.3, -0.25) is 4.79 Å². The van der Waals surface area contributed by atoms with E-state index in [4.69, 9.17) is 0 Å². The Hall–Kier alpha value is -1.70. The first kappa shape index (κ1) is 21.6. The number of hydrogen-bond acceptors (Lipinski definition) is 4. The van der Waals surface area contributed by atoms with Crippen molar-refractivity contribution in [2.24, 2.45) is 5.41 Å². The normalized spacial score (nSPS) is 13.4. The summed E-state index contributed by atoms with van der Waals surface area (Å²) < 4.78 is 27.3. The lowest BCUT2D eigenvalue weighted by atomic mass is 9.85. The third kappa shape index (κ3) is 5.89. The zero-order valence-corrected chi connectivity index (χ0v) is 18.1. The van der Waals surface area contributed by atoms with Gasteiger partial charge < -0.3 is 5.32 Å². The van der Waals surface area contributed by atoms with Crippen LogP contribution in [0.3, 0.4) is 0 Å². The molecule has 1 unspecified atom stereocenters. The first-order valence-corrected chi connectivity index (χ1v) is 11.3. The summed E-state index contributed by atoms with van der Waals surface area (Å²) in [6.45, 7) is 10.1. The van der Waals surface area contributed by atoms with E-state index in [0.717, 1.165) is 16.0 Å². The summed E-state index contributed by atoms with van der Waals surface area (Å²) in [5.41, 5.74) is 1.81. The highest BCUT2D eigenvalue weighted by Gasteiger charge is 2.28. The predicted molar refractivity (Wildman–Crippen MR) is 110 cm³/mol. The molecule has 0 aliphatic heterocycles. The van der Waals surface area contributed by atoms with Crippen LogP contribution in [-0.4, -0.2) is 20.9 Å². The molecule has 5 nitrogen and oxygen atoms in total. The van der Waals surface area contributed by atoms with Crippen LogP contribution in [0.15, 0.2) is 40.6 Å². The molecule has 0 bridgehead atoms. The SMILES string of the molecule is Cc1ccc(S(=O)(=O)NCCC(=O)NC(c2cccs2)C(C)(C)C)cc1C. The maximum atomic E-state index is 12.4. The van der Waals surface area contributed by atoms with E-state index >= 15 is 0 Å². The molecule has 0 radical (unpaired) electrons. The number of hydrogen-bond donors (Lipinski definition) is 2. The molecule has 1 aromatic carbocycles. The molecule has 0 aliphatic carbocycles. The summed E-state index contributed by atoms with van der Waals surface area (Å²) in [5.74, 6) is -0.175. The van der Waals surface area contributed by atoms with Gasteiger partial charge in [0.05, 0.1) is 10.9 Å². The lowest BCUT2D eigenvalue weighted by Crippen LogP contribution is -2.38. The van der Waals surface area contributed by atoms with Crippen LogP contribution in [0.4, 0.5) is 0 Å². The summed E-state index contributed by atoms with van der Waals surface area (Å²) in [5, 5.41) is 5.02. The maximum absolute atomic E-state index is 12.4. The molecule has 1 heterocycles. The molecule has 2 rings (SSSR count). The summed E-state index contributed by atoms with van der Waals surface area (Å²) in [4.78, 5) is 13.7. The Morgan fingerprint density at radius 1 is 1.15 bits per heavy atom. The second-order valence-electron chi connectivity index (χ2n) is 7.78. The lowest BCUT2D eigenvalue weighted by molar-refractivity contribution is -0.122. The van der Waals surface area contributed by atoms with Crippen LogP contribution < -0.4 is 10.0 Å². The average Bonchev–Trinajstić information content (AvgIpc) is 3.07. The van der Waals surface area contributed by atoms with E-state index in [-0.39, 0.29) is 35.2 Å². The van der Waals surface area contributed by atoms with Crippen molar-refractivity contribution in [3.63, 3.8) is 0 Å².